The van der Waals surface area contributed by atoms with E-state index in [0.717, 1.165) is 29.6 Å². The van der Waals surface area contributed by atoms with Gasteiger partial charge in [0.1, 0.15) is 5.75 Å². The molecule has 166 valence electrons. The summed E-state index contributed by atoms with van der Waals surface area (Å²) in [6.07, 6.45) is 3.69. The van der Waals surface area contributed by atoms with E-state index in [1.165, 1.54) is 6.20 Å². The van der Waals surface area contributed by atoms with Crippen molar-refractivity contribution in [3.8, 4) is 11.6 Å². The zero-order valence-corrected chi connectivity index (χ0v) is 18.2. The summed E-state index contributed by atoms with van der Waals surface area (Å²) >= 11 is 0. The van der Waals surface area contributed by atoms with Gasteiger partial charge in [0.15, 0.2) is 5.65 Å². The van der Waals surface area contributed by atoms with E-state index in [4.69, 9.17) is 15.5 Å². The molecule has 1 aliphatic rings. The van der Waals surface area contributed by atoms with Crippen LogP contribution in [-0.4, -0.2) is 31.6 Å². The van der Waals surface area contributed by atoms with Crippen LogP contribution in [0.1, 0.15) is 50.9 Å². The van der Waals surface area contributed by atoms with Crippen molar-refractivity contribution >= 4 is 28.5 Å². The van der Waals surface area contributed by atoms with E-state index in [-0.39, 0.29) is 5.91 Å². The van der Waals surface area contributed by atoms with Gasteiger partial charge in [0.2, 0.25) is 11.8 Å². The fraction of sp³-hybridized carbons (Fsp3) is 0.208. The third-order valence-electron chi connectivity index (χ3n) is 5.56. The first kappa shape index (κ1) is 20.6. The highest BCUT2D eigenvalue weighted by Crippen LogP contribution is 2.40. The SMILES string of the molecule is Cc1nn(C)c2nc(C3CC3)cc(C(=O)Nc3ccc(Oc4cccc(C(N)=O)c4)nc3)c12. The van der Waals surface area contributed by atoms with Crippen molar-refractivity contribution in [3.63, 3.8) is 0 Å². The maximum atomic E-state index is 13.2. The first-order valence-electron chi connectivity index (χ1n) is 10.6. The molecule has 9 heteroatoms. The lowest BCUT2D eigenvalue weighted by Crippen LogP contribution is -2.14. The molecule has 0 saturated heterocycles. The fourth-order valence-corrected chi connectivity index (χ4v) is 3.78. The molecule has 3 heterocycles. The van der Waals surface area contributed by atoms with Crippen molar-refractivity contribution in [3.05, 3.63) is 71.2 Å². The van der Waals surface area contributed by atoms with Gasteiger partial charge in [-0.15, -0.1) is 0 Å². The number of nitrogens with one attached hydrogen (secondary N) is 1. The predicted octanol–water partition coefficient (Wildman–Crippen LogP) is 3.69. The Hall–Kier alpha value is -4.27. The summed E-state index contributed by atoms with van der Waals surface area (Å²) in [6, 6.07) is 11.7. The number of amides is 2. The molecule has 4 aromatic rings. The van der Waals surface area contributed by atoms with Crippen LogP contribution in [0.4, 0.5) is 5.69 Å². The van der Waals surface area contributed by atoms with Crippen LogP contribution >= 0.6 is 0 Å². The molecule has 3 aromatic heterocycles. The molecule has 0 aliphatic heterocycles. The third-order valence-corrected chi connectivity index (χ3v) is 5.56. The number of aryl methyl sites for hydroxylation is 2. The van der Waals surface area contributed by atoms with Crippen molar-refractivity contribution in [1.29, 1.82) is 0 Å². The number of benzene rings is 1. The van der Waals surface area contributed by atoms with Gasteiger partial charge in [-0.2, -0.15) is 5.10 Å². The number of carbonyl (C=O) groups excluding carboxylic acids is 2. The van der Waals surface area contributed by atoms with E-state index in [1.807, 2.05) is 20.0 Å². The Morgan fingerprint density at radius 1 is 1.18 bits per heavy atom. The Morgan fingerprint density at radius 3 is 2.70 bits per heavy atom. The van der Waals surface area contributed by atoms with Crippen LogP contribution < -0.4 is 15.8 Å². The van der Waals surface area contributed by atoms with Crippen LogP contribution in [0, 0.1) is 6.92 Å². The van der Waals surface area contributed by atoms with Crippen LogP contribution in [0.25, 0.3) is 11.0 Å². The van der Waals surface area contributed by atoms with E-state index in [1.54, 1.807) is 41.1 Å². The van der Waals surface area contributed by atoms with Gasteiger partial charge in [0.25, 0.3) is 5.91 Å². The first-order valence-corrected chi connectivity index (χ1v) is 10.6. The van der Waals surface area contributed by atoms with E-state index >= 15 is 0 Å². The molecule has 0 spiro atoms. The molecule has 5 rings (SSSR count). The van der Waals surface area contributed by atoms with Gasteiger partial charge in [-0.25, -0.2) is 9.97 Å². The van der Waals surface area contributed by atoms with Crippen molar-refractivity contribution < 1.29 is 14.3 Å². The van der Waals surface area contributed by atoms with Crippen molar-refractivity contribution in [1.82, 2.24) is 19.7 Å². The summed E-state index contributed by atoms with van der Waals surface area (Å²) in [6.45, 7) is 1.87. The topological polar surface area (TPSA) is 125 Å². The minimum absolute atomic E-state index is 0.245. The summed E-state index contributed by atoms with van der Waals surface area (Å²) in [5, 5.41) is 8.10. The second-order valence-corrected chi connectivity index (χ2v) is 8.11. The van der Waals surface area contributed by atoms with Gasteiger partial charge >= 0.3 is 0 Å². The summed E-state index contributed by atoms with van der Waals surface area (Å²) in [5.41, 5.74) is 9.12. The number of anilines is 1. The lowest BCUT2D eigenvalue weighted by atomic mass is 10.1. The highest BCUT2D eigenvalue weighted by Gasteiger charge is 2.28. The Balaban J connectivity index is 1.37. The maximum Gasteiger partial charge on any atom is 0.256 e. The van der Waals surface area contributed by atoms with Crippen molar-refractivity contribution in [2.45, 2.75) is 25.7 Å². The molecular weight excluding hydrogens is 420 g/mol. The number of fused-ring (bicyclic) bond motifs is 1. The summed E-state index contributed by atoms with van der Waals surface area (Å²) in [7, 11) is 1.84. The second kappa shape index (κ2) is 8.01. The standard InChI is InChI=1S/C24H22N6O3/c1-13-21-18(11-19(14-6-7-14)28-23(21)30(2)29-13)24(32)27-16-8-9-20(26-12-16)33-17-5-3-4-15(10-17)22(25)31/h3-5,8-12,14H,6-7H2,1-2H3,(H2,25,31)(H,27,32). The molecular formula is C24H22N6O3. The van der Waals surface area contributed by atoms with E-state index < -0.39 is 5.91 Å². The number of hydrogen-bond donors (Lipinski definition) is 2. The average Bonchev–Trinajstić information content (AvgIpc) is 3.61. The lowest BCUT2D eigenvalue weighted by Gasteiger charge is -2.10. The summed E-state index contributed by atoms with van der Waals surface area (Å²) in [5.74, 6) is 0.382. The van der Waals surface area contributed by atoms with Gasteiger partial charge in [0.05, 0.1) is 28.5 Å². The van der Waals surface area contributed by atoms with Crippen LogP contribution in [-0.2, 0) is 7.05 Å². The molecule has 0 atom stereocenters. The molecule has 9 nitrogen and oxygen atoms in total. The molecule has 1 saturated carbocycles. The number of ether oxygens (including phenoxy) is 1. The molecule has 0 bridgehead atoms. The fourth-order valence-electron chi connectivity index (χ4n) is 3.78. The van der Waals surface area contributed by atoms with E-state index in [2.05, 4.69) is 15.4 Å². The van der Waals surface area contributed by atoms with Crippen LogP contribution in [0.5, 0.6) is 11.6 Å². The van der Waals surface area contributed by atoms with Crippen LogP contribution in [0.2, 0.25) is 0 Å². The molecule has 1 aliphatic carbocycles. The Morgan fingerprint density at radius 2 is 2.00 bits per heavy atom. The van der Waals surface area contributed by atoms with Crippen molar-refractivity contribution in [2.24, 2.45) is 12.8 Å². The molecule has 2 amide bonds. The number of rotatable bonds is 6. The van der Waals surface area contributed by atoms with Crippen molar-refractivity contribution in [2.75, 3.05) is 5.32 Å². The Bertz CT molecular complexity index is 1390. The molecule has 1 aromatic carbocycles. The third kappa shape index (κ3) is 4.12. The van der Waals surface area contributed by atoms with Gasteiger partial charge in [0, 0.05) is 30.3 Å². The number of aromatic nitrogens is 4. The Kier molecular flexibility index (Phi) is 5.01. The largest absolute Gasteiger partial charge is 0.439 e. The smallest absolute Gasteiger partial charge is 0.256 e. The quantitative estimate of drug-likeness (QED) is 0.469. The van der Waals surface area contributed by atoms with Gasteiger partial charge in [-0.05, 0) is 50.1 Å². The first-order chi connectivity index (χ1) is 15.9. The van der Waals surface area contributed by atoms with E-state index in [9.17, 15) is 9.59 Å². The number of hydrogen-bond acceptors (Lipinski definition) is 6. The lowest BCUT2D eigenvalue weighted by molar-refractivity contribution is 0.0997. The molecule has 1 fully saturated rings. The second-order valence-electron chi connectivity index (χ2n) is 8.11. The Labute approximate surface area is 189 Å². The number of nitrogens with two attached hydrogens (primary N) is 1. The number of primary amides is 1. The highest BCUT2D eigenvalue weighted by molar-refractivity contribution is 6.12. The van der Waals surface area contributed by atoms with Crippen LogP contribution in [0.3, 0.4) is 0 Å². The van der Waals surface area contributed by atoms with Gasteiger partial charge in [-0.3, -0.25) is 14.3 Å². The minimum atomic E-state index is -0.537. The molecule has 33 heavy (non-hydrogen) atoms. The highest BCUT2D eigenvalue weighted by atomic mass is 16.5. The van der Waals surface area contributed by atoms with E-state index in [0.29, 0.717) is 40.0 Å². The normalized spacial score (nSPS) is 13.2. The maximum absolute atomic E-state index is 13.2. The zero-order valence-electron chi connectivity index (χ0n) is 18.2. The minimum Gasteiger partial charge on any atom is -0.439 e. The van der Waals surface area contributed by atoms with Gasteiger partial charge < -0.3 is 15.8 Å². The molecule has 0 unspecified atom stereocenters. The monoisotopic (exact) mass is 442 g/mol. The average molecular weight is 442 g/mol. The molecule has 0 radical (unpaired) electrons. The summed E-state index contributed by atoms with van der Waals surface area (Å²) in [4.78, 5) is 33.5. The predicted molar refractivity (Wildman–Crippen MR) is 122 cm³/mol. The van der Waals surface area contributed by atoms with Crippen LogP contribution in [0.15, 0.2) is 48.7 Å². The summed E-state index contributed by atoms with van der Waals surface area (Å²) < 4.78 is 7.40. The van der Waals surface area contributed by atoms with Gasteiger partial charge in [-0.1, -0.05) is 6.07 Å². The molecule has 3 N–H and O–H groups in total. The number of pyridine rings is 2. The zero-order chi connectivity index (χ0) is 23.1. The number of carbonyl (C=O) groups is 2. The number of nitrogens with zero attached hydrogens (tertiary/aromatic N) is 4.